The van der Waals surface area contributed by atoms with Gasteiger partial charge >= 0.3 is 0 Å². The summed E-state index contributed by atoms with van der Waals surface area (Å²) in [6, 6.07) is 2.21. The second kappa shape index (κ2) is 5.47. The van der Waals surface area contributed by atoms with Crippen molar-refractivity contribution in [1.29, 1.82) is 0 Å². The Bertz CT molecular complexity index is 322. The zero-order valence-electron chi connectivity index (χ0n) is 10.6. The first kappa shape index (κ1) is 11.6. The summed E-state index contributed by atoms with van der Waals surface area (Å²) in [6.07, 6.45) is 12.4. The van der Waals surface area contributed by atoms with Crippen LogP contribution in [0.3, 0.4) is 0 Å². The van der Waals surface area contributed by atoms with Crippen molar-refractivity contribution in [1.82, 2.24) is 4.98 Å². The van der Waals surface area contributed by atoms with Crippen LogP contribution in [0.15, 0.2) is 18.5 Å². The Morgan fingerprint density at radius 3 is 2.44 bits per heavy atom. The van der Waals surface area contributed by atoms with Crippen LogP contribution in [0.4, 0.5) is 0 Å². The van der Waals surface area contributed by atoms with Gasteiger partial charge in [0.25, 0.3) is 0 Å². The Balaban J connectivity index is 2.23. The highest BCUT2D eigenvalue weighted by Gasteiger charge is 2.18. The van der Waals surface area contributed by atoms with Crippen LogP contribution in [0.5, 0.6) is 0 Å². The molecule has 0 bridgehead atoms. The molecule has 0 unspecified atom stereocenters. The first-order valence-electron chi connectivity index (χ1n) is 6.73. The molecule has 0 radical (unpaired) electrons. The molecule has 88 valence electrons. The zero-order chi connectivity index (χ0) is 11.4. The van der Waals surface area contributed by atoms with Gasteiger partial charge in [-0.25, -0.2) is 0 Å². The predicted molar refractivity (Wildman–Crippen MR) is 68.8 cm³/mol. The van der Waals surface area contributed by atoms with Crippen molar-refractivity contribution in [3.8, 4) is 0 Å². The molecule has 1 aliphatic rings. The molecule has 0 N–H and O–H groups in total. The molecule has 1 aliphatic carbocycles. The van der Waals surface area contributed by atoms with E-state index < -0.39 is 0 Å². The monoisotopic (exact) mass is 217 g/mol. The lowest BCUT2D eigenvalue weighted by atomic mass is 9.86. The summed E-state index contributed by atoms with van der Waals surface area (Å²) < 4.78 is 0. The summed E-state index contributed by atoms with van der Waals surface area (Å²) in [5.41, 5.74) is 3.04. The SMILES string of the molecule is CC(C)c1ccncc1C1CCCCCC1. The van der Waals surface area contributed by atoms with E-state index in [1.165, 1.54) is 49.7 Å². The van der Waals surface area contributed by atoms with E-state index >= 15 is 0 Å². The quantitative estimate of drug-likeness (QED) is 0.657. The Kier molecular flexibility index (Phi) is 3.98. The van der Waals surface area contributed by atoms with Gasteiger partial charge in [-0.1, -0.05) is 39.5 Å². The molecule has 0 aromatic carbocycles. The highest BCUT2D eigenvalue weighted by Crippen LogP contribution is 2.35. The van der Waals surface area contributed by atoms with Gasteiger partial charge in [-0.15, -0.1) is 0 Å². The van der Waals surface area contributed by atoms with Gasteiger partial charge in [-0.3, -0.25) is 4.98 Å². The van der Waals surface area contributed by atoms with E-state index in [1.807, 2.05) is 6.20 Å². The largest absolute Gasteiger partial charge is 0.264 e. The lowest BCUT2D eigenvalue weighted by Gasteiger charge is -2.20. The molecule has 0 aliphatic heterocycles. The van der Waals surface area contributed by atoms with E-state index in [0.717, 1.165) is 5.92 Å². The van der Waals surface area contributed by atoms with Crippen molar-refractivity contribution in [2.24, 2.45) is 0 Å². The second-order valence-corrected chi connectivity index (χ2v) is 5.35. The Morgan fingerprint density at radius 2 is 1.81 bits per heavy atom. The third kappa shape index (κ3) is 2.63. The van der Waals surface area contributed by atoms with Crippen molar-refractivity contribution in [3.05, 3.63) is 29.6 Å². The highest BCUT2D eigenvalue weighted by molar-refractivity contribution is 5.29. The normalized spacial score (nSPS) is 18.7. The highest BCUT2D eigenvalue weighted by atomic mass is 14.6. The van der Waals surface area contributed by atoms with E-state index in [1.54, 1.807) is 0 Å². The van der Waals surface area contributed by atoms with Crippen LogP contribution < -0.4 is 0 Å². The fourth-order valence-corrected chi connectivity index (χ4v) is 2.87. The minimum Gasteiger partial charge on any atom is -0.264 e. The molecule has 1 nitrogen and oxygen atoms in total. The number of pyridine rings is 1. The second-order valence-electron chi connectivity index (χ2n) is 5.35. The summed E-state index contributed by atoms with van der Waals surface area (Å²) >= 11 is 0. The molecule has 1 saturated carbocycles. The lowest BCUT2D eigenvalue weighted by Crippen LogP contribution is -2.04. The molecule has 16 heavy (non-hydrogen) atoms. The summed E-state index contributed by atoms with van der Waals surface area (Å²) in [7, 11) is 0. The number of rotatable bonds is 2. The van der Waals surface area contributed by atoms with Gasteiger partial charge in [-0.05, 0) is 41.9 Å². The summed E-state index contributed by atoms with van der Waals surface area (Å²) in [5, 5.41) is 0. The van der Waals surface area contributed by atoms with Gasteiger partial charge in [0.15, 0.2) is 0 Å². The van der Waals surface area contributed by atoms with Crippen LogP contribution >= 0.6 is 0 Å². The topological polar surface area (TPSA) is 12.9 Å². The van der Waals surface area contributed by atoms with Crippen molar-refractivity contribution in [3.63, 3.8) is 0 Å². The smallest absolute Gasteiger partial charge is 0.0305 e. The van der Waals surface area contributed by atoms with Crippen LogP contribution in [-0.2, 0) is 0 Å². The average Bonchev–Trinajstić information content (AvgIpc) is 2.57. The summed E-state index contributed by atoms with van der Waals surface area (Å²) in [5.74, 6) is 1.40. The molecular formula is C15H23N. The third-order valence-electron chi connectivity index (χ3n) is 3.80. The van der Waals surface area contributed by atoms with E-state index in [0.29, 0.717) is 5.92 Å². The van der Waals surface area contributed by atoms with Gasteiger partial charge < -0.3 is 0 Å². The van der Waals surface area contributed by atoms with Crippen molar-refractivity contribution >= 4 is 0 Å². The zero-order valence-corrected chi connectivity index (χ0v) is 10.6. The first-order valence-corrected chi connectivity index (χ1v) is 6.73. The van der Waals surface area contributed by atoms with E-state index in [9.17, 15) is 0 Å². The molecule has 1 heteroatoms. The van der Waals surface area contributed by atoms with E-state index in [2.05, 4.69) is 31.1 Å². The third-order valence-corrected chi connectivity index (χ3v) is 3.80. The van der Waals surface area contributed by atoms with Gasteiger partial charge in [0.05, 0.1) is 0 Å². The fourth-order valence-electron chi connectivity index (χ4n) is 2.87. The van der Waals surface area contributed by atoms with Crippen molar-refractivity contribution < 1.29 is 0 Å². The average molecular weight is 217 g/mol. The van der Waals surface area contributed by atoms with Crippen molar-refractivity contribution in [2.75, 3.05) is 0 Å². The molecule has 2 rings (SSSR count). The summed E-state index contributed by atoms with van der Waals surface area (Å²) in [4.78, 5) is 4.33. The van der Waals surface area contributed by atoms with Gasteiger partial charge in [-0.2, -0.15) is 0 Å². The number of hydrogen-bond acceptors (Lipinski definition) is 1. The van der Waals surface area contributed by atoms with Crippen LogP contribution in [0.2, 0.25) is 0 Å². The van der Waals surface area contributed by atoms with Gasteiger partial charge in [0, 0.05) is 12.4 Å². The molecular weight excluding hydrogens is 194 g/mol. The maximum absolute atomic E-state index is 4.33. The van der Waals surface area contributed by atoms with Crippen LogP contribution in [0, 0.1) is 0 Å². The Morgan fingerprint density at radius 1 is 1.12 bits per heavy atom. The minimum absolute atomic E-state index is 0.626. The van der Waals surface area contributed by atoms with Gasteiger partial charge in [0.1, 0.15) is 0 Å². The van der Waals surface area contributed by atoms with E-state index in [4.69, 9.17) is 0 Å². The number of hydrogen-bond donors (Lipinski definition) is 0. The van der Waals surface area contributed by atoms with Gasteiger partial charge in [0.2, 0.25) is 0 Å². The number of nitrogens with zero attached hydrogens (tertiary/aromatic N) is 1. The molecule has 0 saturated heterocycles. The predicted octanol–water partition coefficient (Wildman–Crippen LogP) is 4.64. The maximum atomic E-state index is 4.33. The Hall–Kier alpha value is -0.850. The standard InChI is InChI=1S/C15H23N/c1-12(2)14-9-10-16-11-15(14)13-7-5-3-4-6-8-13/h9-13H,3-8H2,1-2H3. The maximum Gasteiger partial charge on any atom is 0.0305 e. The molecule has 1 fully saturated rings. The minimum atomic E-state index is 0.626. The number of aromatic nitrogens is 1. The molecule has 0 amide bonds. The Labute approximate surface area is 99.3 Å². The van der Waals surface area contributed by atoms with Crippen LogP contribution in [0.25, 0.3) is 0 Å². The fraction of sp³-hybridized carbons (Fsp3) is 0.667. The molecule has 1 aromatic heterocycles. The molecule has 1 aromatic rings. The van der Waals surface area contributed by atoms with Crippen LogP contribution in [-0.4, -0.2) is 4.98 Å². The summed E-state index contributed by atoms with van der Waals surface area (Å²) in [6.45, 7) is 4.57. The molecule has 0 atom stereocenters. The van der Waals surface area contributed by atoms with Crippen molar-refractivity contribution in [2.45, 2.75) is 64.2 Å². The lowest BCUT2D eigenvalue weighted by molar-refractivity contribution is 0.581. The molecule has 1 heterocycles. The van der Waals surface area contributed by atoms with E-state index in [-0.39, 0.29) is 0 Å². The molecule has 0 spiro atoms. The first-order chi connectivity index (χ1) is 7.79. The van der Waals surface area contributed by atoms with Crippen LogP contribution in [0.1, 0.15) is 75.3 Å².